The van der Waals surface area contributed by atoms with Crippen LogP contribution in [0.2, 0.25) is 0 Å². The average Bonchev–Trinajstić information content (AvgIpc) is 2.31. The molecule has 0 spiro atoms. The van der Waals surface area contributed by atoms with Crippen molar-refractivity contribution < 1.29 is 9.90 Å². The monoisotopic (exact) mass is 210 g/mol. The first-order chi connectivity index (χ1) is 7.77. The summed E-state index contributed by atoms with van der Waals surface area (Å²) in [5, 5.41) is 9.75. The summed E-state index contributed by atoms with van der Waals surface area (Å²) in [4.78, 5) is 12.1. The minimum absolute atomic E-state index is 0.00718. The van der Waals surface area contributed by atoms with E-state index in [0.29, 0.717) is 12.0 Å². The molecule has 2 aromatic rings. The van der Waals surface area contributed by atoms with E-state index in [2.05, 4.69) is 0 Å². The highest BCUT2D eigenvalue weighted by atomic mass is 16.3. The van der Waals surface area contributed by atoms with Crippen molar-refractivity contribution in [3.05, 3.63) is 64.7 Å². The zero-order valence-corrected chi connectivity index (χ0v) is 8.60. The van der Waals surface area contributed by atoms with Gasteiger partial charge in [0.15, 0.2) is 5.78 Å². The molecule has 2 aromatic carbocycles. The zero-order valence-electron chi connectivity index (χ0n) is 8.60. The van der Waals surface area contributed by atoms with Gasteiger partial charge in [-0.3, -0.25) is 4.79 Å². The first-order valence-electron chi connectivity index (χ1n) is 5.21. The number of hydrogen-bond acceptors (Lipinski definition) is 2. The van der Waals surface area contributed by atoms with Gasteiger partial charge in [0.1, 0.15) is 5.75 Å². The largest absolute Gasteiger partial charge is 0.508 e. The normalized spacial score (nSPS) is 13.1. The number of fused-ring (bicyclic) bond motifs is 2. The molecule has 0 atom stereocenters. The van der Waals surface area contributed by atoms with Crippen LogP contribution >= 0.6 is 0 Å². The molecular weight excluding hydrogens is 200 g/mol. The first kappa shape index (κ1) is 9.16. The summed E-state index contributed by atoms with van der Waals surface area (Å²) in [5.74, 6) is 0.216. The Morgan fingerprint density at radius 2 is 1.69 bits per heavy atom. The van der Waals surface area contributed by atoms with E-state index in [1.165, 1.54) is 0 Å². The third-order valence-corrected chi connectivity index (χ3v) is 3.03. The van der Waals surface area contributed by atoms with E-state index >= 15 is 0 Å². The van der Waals surface area contributed by atoms with E-state index in [1.54, 1.807) is 18.2 Å². The van der Waals surface area contributed by atoms with Crippen molar-refractivity contribution in [2.24, 2.45) is 0 Å². The Labute approximate surface area is 93.2 Å². The van der Waals surface area contributed by atoms with Crippen molar-refractivity contribution in [2.45, 2.75) is 6.42 Å². The molecule has 3 rings (SSSR count). The van der Waals surface area contributed by atoms with Gasteiger partial charge in [-0.15, -0.1) is 0 Å². The number of benzene rings is 2. The Morgan fingerprint density at radius 1 is 0.938 bits per heavy atom. The molecular formula is C14H10O2. The van der Waals surface area contributed by atoms with Gasteiger partial charge >= 0.3 is 0 Å². The Hall–Kier alpha value is -2.09. The number of ketones is 1. The Balaban J connectivity index is 2.26. The molecule has 0 saturated heterocycles. The highest BCUT2D eigenvalue weighted by Gasteiger charge is 2.24. The van der Waals surface area contributed by atoms with E-state index in [4.69, 9.17) is 0 Å². The van der Waals surface area contributed by atoms with Crippen molar-refractivity contribution in [2.75, 3.05) is 0 Å². The second kappa shape index (κ2) is 3.20. The lowest BCUT2D eigenvalue weighted by atomic mass is 9.85. The molecule has 2 heteroatoms. The van der Waals surface area contributed by atoms with Crippen LogP contribution in [0.1, 0.15) is 27.0 Å². The number of aromatic hydroxyl groups is 1. The number of hydrogen-bond donors (Lipinski definition) is 1. The number of phenolic OH excluding ortho intramolecular Hbond substituents is 1. The lowest BCUT2D eigenvalue weighted by Crippen LogP contribution is -2.14. The highest BCUT2D eigenvalue weighted by molar-refractivity contribution is 6.12. The fourth-order valence-electron chi connectivity index (χ4n) is 2.20. The maximum Gasteiger partial charge on any atom is 0.193 e. The molecule has 78 valence electrons. The standard InChI is InChI=1S/C14H10O2/c15-13-7-3-6-11-12(13)8-9-4-1-2-5-10(9)14(11)16/h1-7,15H,8H2. The van der Waals surface area contributed by atoms with Crippen molar-refractivity contribution in [3.63, 3.8) is 0 Å². The van der Waals surface area contributed by atoms with Gasteiger partial charge in [0.25, 0.3) is 0 Å². The fourth-order valence-corrected chi connectivity index (χ4v) is 2.20. The lowest BCUT2D eigenvalue weighted by Gasteiger charge is -2.18. The number of carbonyl (C=O) groups excluding carboxylic acids is 1. The van der Waals surface area contributed by atoms with Gasteiger partial charge in [-0.25, -0.2) is 0 Å². The third-order valence-electron chi connectivity index (χ3n) is 3.03. The predicted molar refractivity (Wildman–Crippen MR) is 60.8 cm³/mol. The molecule has 0 saturated carbocycles. The molecule has 1 aliphatic carbocycles. The Kier molecular flexibility index (Phi) is 1.83. The average molecular weight is 210 g/mol. The summed E-state index contributed by atoms with van der Waals surface area (Å²) in [6, 6.07) is 12.7. The van der Waals surface area contributed by atoms with E-state index < -0.39 is 0 Å². The van der Waals surface area contributed by atoms with Gasteiger partial charge in [0.2, 0.25) is 0 Å². The third kappa shape index (κ3) is 1.16. The summed E-state index contributed by atoms with van der Waals surface area (Å²) in [6.45, 7) is 0. The summed E-state index contributed by atoms with van der Waals surface area (Å²) < 4.78 is 0. The summed E-state index contributed by atoms with van der Waals surface area (Å²) in [7, 11) is 0. The second-order valence-electron chi connectivity index (χ2n) is 3.97. The van der Waals surface area contributed by atoms with Gasteiger partial charge < -0.3 is 5.11 Å². The molecule has 0 aliphatic heterocycles. The number of phenols is 1. The summed E-state index contributed by atoms with van der Waals surface area (Å²) in [6.07, 6.45) is 0.629. The quantitative estimate of drug-likeness (QED) is 0.619. The molecule has 0 radical (unpaired) electrons. The molecule has 2 nitrogen and oxygen atoms in total. The van der Waals surface area contributed by atoms with Crippen LogP contribution < -0.4 is 0 Å². The molecule has 0 bridgehead atoms. The lowest BCUT2D eigenvalue weighted by molar-refractivity contribution is 0.103. The second-order valence-corrected chi connectivity index (χ2v) is 3.97. The van der Waals surface area contributed by atoms with E-state index in [-0.39, 0.29) is 11.5 Å². The smallest absolute Gasteiger partial charge is 0.193 e. The van der Waals surface area contributed by atoms with Crippen LogP contribution in [0.4, 0.5) is 0 Å². The predicted octanol–water partition coefficient (Wildman–Crippen LogP) is 2.53. The van der Waals surface area contributed by atoms with Gasteiger partial charge in [0.05, 0.1) is 0 Å². The Bertz CT molecular complexity index is 585. The van der Waals surface area contributed by atoms with Gasteiger partial charge in [0, 0.05) is 23.1 Å². The maximum atomic E-state index is 12.1. The van der Waals surface area contributed by atoms with E-state index in [0.717, 1.165) is 16.7 Å². The van der Waals surface area contributed by atoms with Crippen molar-refractivity contribution in [3.8, 4) is 5.75 Å². The minimum atomic E-state index is 0.00718. The molecule has 0 unspecified atom stereocenters. The molecule has 0 amide bonds. The molecule has 16 heavy (non-hydrogen) atoms. The van der Waals surface area contributed by atoms with Crippen molar-refractivity contribution >= 4 is 5.78 Å². The summed E-state index contributed by atoms with van der Waals surface area (Å²) >= 11 is 0. The fraction of sp³-hybridized carbons (Fsp3) is 0.0714. The number of carbonyl (C=O) groups is 1. The van der Waals surface area contributed by atoms with Crippen LogP contribution in [0, 0.1) is 0 Å². The minimum Gasteiger partial charge on any atom is -0.508 e. The van der Waals surface area contributed by atoms with Gasteiger partial charge in [-0.05, 0) is 11.6 Å². The molecule has 1 aliphatic rings. The topological polar surface area (TPSA) is 37.3 Å². The van der Waals surface area contributed by atoms with Crippen molar-refractivity contribution in [1.82, 2.24) is 0 Å². The van der Waals surface area contributed by atoms with E-state index in [1.807, 2.05) is 24.3 Å². The van der Waals surface area contributed by atoms with Gasteiger partial charge in [-0.2, -0.15) is 0 Å². The van der Waals surface area contributed by atoms with Crippen LogP contribution in [0.3, 0.4) is 0 Å². The molecule has 0 aromatic heterocycles. The zero-order chi connectivity index (χ0) is 11.1. The highest BCUT2D eigenvalue weighted by Crippen LogP contribution is 2.31. The molecule has 0 heterocycles. The molecule has 1 N–H and O–H groups in total. The van der Waals surface area contributed by atoms with Crippen LogP contribution in [0.15, 0.2) is 42.5 Å². The first-order valence-corrected chi connectivity index (χ1v) is 5.21. The van der Waals surface area contributed by atoms with Crippen LogP contribution in [-0.4, -0.2) is 10.9 Å². The van der Waals surface area contributed by atoms with Crippen LogP contribution in [0.5, 0.6) is 5.75 Å². The van der Waals surface area contributed by atoms with E-state index in [9.17, 15) is 9.90 Å². The van der Waals surface area contributed by atoms with Gasteiger partial charge in [-0.1, -0.05) is 36.4 Å². The maximum absolute atomic E-state index is 12.1. The summed E-state index contributed by atoms with van der Waals surface area (Å²) in [5.41, 5.74) is 3.10. The SMILES string of the molecule is O=C1c2ccccc2Cc2c(O)cccc21. The number of rotatable bonds is 0. The molecule has 0 fully saturated rings. The van der Waals surface area contributed by atoms with Crippen LogP contribution in [0.25, 0.3) is 0 Å². The van der Waals surface area contributed by atoms with Crippen molar-refractivity contribution in [1.29, 1.82) is 0 Å². The Morgan fingerprint density at radius 3 is 2.56 bits per heavy atom. The van der Waals surface area contributed by atoms with Crippen LogP contribution in [-0.2, 0) is 6.42 Å².